The summed E-state index contributed by atoms with van der Waals surface area (Å²) in [5.74, 6) is -5.12. The monoisotopic (exact) mass is 328 g/mol. The predicted octanol–water partition coefficient (Wildman–Crippen LogP) is 4.41. The molecule has 0 atom stereocenters. The molecule has 0 aliphatic rings. The van der Waals surface area contributed by atoms with Gasteiger partial charge in [-0.25, -0.2) is 13.2 Å². The molecule has 0 unspecified atom stereocenters. The Balaban J connectivity index is 2.53. The van der Waals surface area contributed by atoms with Gasteiger partial charge in [0.25, 0.3) is 0 Å². The second-order valence-corrected chi connectivity index (χ2v) is 4.98. The van der Waals surface area contributed by atoms with E-state index in [2.05, 4.69) is 15.9 Å². The van der Waals surface area contributed by atoms with Gasteiger partial charge in [0, 0.05) is 10.0 Å². The van der Waals surface area contributed by atoms with Gasteiger partial charge in [0.15, 0.2) is 23.2 Å². The highest BCUT2D eigenvalue weighted by molar-refractivity contribution is 9.10. The van der Waals surface area contributed by atoms with Crippen molar-refractivity contribution in [2.24, 2.45) is 0 Å². The summed E-state index contributed by atoms with van der Waals surface area (Å²) in [6.45, 7) is 1.77. The Morgan fingerprint density at radius 2 is 1.74 bits per heavy atom. The molecule has 19 heavy (non-hydrogen) atoms. The van der Waals surface area contributed by atoms with Gasteiger partial charge in [-0.15, -0.1) is 0 Å². The average Bonchev–Trinajstić information content (AvgIpc) is 2.34. The molecule has 0 spiro atoms. The summed E-state index contributed by atoms with van der Waals surface area (Å²) in [5.41, 5.74) is 0.508. The number of hydrogen-bond donors (Lipinski definition) is 0. The molecule has 0 saturated carbocycles. The molecule has 2 rings (SSSR count). The van der Waals surface area contributed by atoms with Crippen LogP contribution >= 0.6 is 15.9 Å². The SMILES string of the molecule is Cc1cc(Br)cc(C(=O)c2ccc(F)c(F)c2F)c1. The van der Waals surface area contributed by atoms with Gasteiger partial charge >= 0.3 is 0 Å². The number of hydrogen-bond acceptors (Lipinski definition) is 1. The first-order valence-electron chi connectivity index (χ1n) is 5.35. The van der Waals surface area contributed by atoms with Crippen LogP contribution in [0.2, 0.25) is 0 Å². The number of ketones is 1. The van der Waals surface area contributed by atoms with E-state index in [1.165, 1.54) is 6.07 Å². The summed E-state index contributed by atoms with van der Waals surface area (Å²) in [6.07, 6.45) is 0. The molecule has 5 heteroatoms. The summed E-state index contributed by atoms with van der Waals surface area (Å²) in [4.78, 5) is 12.1. The Bertz CT molecular complexity index is 648. The van der Waals surface area contributed by atoms with Crippen LogP contribution in [0.3, 0.4) is 0 Å². The van der Waals surface area contributed by atoms with Crippen molar-refractivity contribution in [3.8, 4) is 0 Å². The maximum absolute atomic E-state index is 13.6. The molecule has 0 aromatic heterocycles. The van der Waals surface area contributed by atoms with Gasteiger partial charge in [-0.2, -0.15) is 0 Å². The third kappa shape index (κ3) is 2.71. The summed E-state index contributed by atoms with van der Waals surface area (Å²) < 4.78 is 40.1. The van der Waals surface area contributed by atoms with Crippen molar-refractivity contribution in [3.05, 3.63) is 68.9 Å². The first-order chi connectivity index (χ1) is 8.90. The maximum Gasteiger partial charge on any atom is 0.196 e. The standard InChI is InChI=1S/C14H8BrF3O/c1-7-4-8(6-9(15)5-7)14(19)10-2-3-11(16)13(18)12(10)17/h2-6H,1H3. The predicted molar refractivity (Wildman–Crippen MR) is 68.6 cm³/mol. The molecule has 0 saturated heterocycles. The molecule has 0 aliphatic carbocycles. The molecule has 0 N–H and O–H groups in total. The lowest BCUT2D eigenvalue weighted by molar-refractivity contribution is 0.103. The van der Waals surface area contributed by atoms with E-state index in [0.29, 0.717) is 4.47 Å². The third-order valence-electron chi connectivity index (χ3n) is 2.58. The van der Waals surface area contributed by atoms with E-state index >= 15 is 0 Å². The maximum atomic E-state index is 13.6. The first kappa shape index (κ1) is 13.8. The van der Waals surface area contributed by atoms with Gasteiger partial charge in [-0.1, -0.05) is 15.9 Å². The molecule has 0 amide bonds. The van der Waals surface area contributed by atoms with Gasteiger partial charge < -0.3 is 0 Å². The molecule has 0 heterocycles. The van der Waals surface area contributed by atoms with E-state index in [0.717, 1.165) is 17.7 Å². The van der Waals surface area contributed by atoms with Gasteiger partial charge in [0.2, 0.25) is 0 Å². The molecule has 1 nitrogen and oxygen atoms in total. The molecule has 0 aliphatic heterocycles. The van der Waals surface area contributed by atoms with Crippen molar-refractivity contribution in [2.75, 3.05) is 0 Å². The zero-order chi connectivity index (χ0) is 14.2. The van der Waals surface area contributed by atoms with Gasteiger partial charge in [0.1, 0.15) is 0 Å². The molecular weight excluding hydrogens is 321 g/mol. The largest absolute Gasteiger partial charge is 0.288 e. The van der Waals surface area contributed by atoms with Crippen LogP contribution < -0.4 is 0 Å². The molecule has 98 valence electrons. The normalized spacial score (nSPS) is 10.6. The smallest absolute Gasteiger partial charge is 0.196 e. The van der Waals surface area contributed by atoms with E-state index in [-0.39, 0.29) is 5.56 Å². The van der Waals surface area contributed by atoms with Crippen molar-refractivity contribution in [1.82, 2.24) is 0 Å². The minimum atomic E-state index is -1.64. The molecule has 0 radical (unpaired) electrons. The summed E-state index contributed by atoms with van der Waals surface area (Å²) in [7, 11) is 0. The van der Waals surface area contributed by atoms with Crippen LogP contribution in [0.15, 0.2) is 34.8 Å². The van der Waals surface area contributed by atoms with E-state index < -0.39 is 28.8 Å². The van der Waals surface area contributed by atoms with Crippen molar-refractivity contribution >= 4 is 21.7 Å². The van der Waals surface area contributed by atoms with E-state index in [1.807, 2.05) is 0 Å². The van der Waals surface area contributed by atoms with Crippen LogP contribution in [0.1, 0.15) is 21.5 Å². The minimum absolute atomic E-state index is 0.205. The van der Waals surface area contributed by atoms with Crippen LogP contribution in [0.5, 0.6) is 0 Å². The van der Waals surface area contributed by atoms with Gasteiger partial charge in [-0.3, -0.25) is 4.79 Å². The highest BCUT2D eigenvalue weighted by atomic mass is 79.9. The molecule has 2 aromatic carbocycles. The number of carbonyl (C=O) groups is 1. The topological polar surface area (TPSA) is 17.1 Å². The number of halogens is 4. The van der Waals surface area contributed by atoms with Gasteiger partial charge in [-0.05, 0) is 42.8 Å². The van der Waals surface area contributed by atoms with E-state index in [1.54, 1.807) is 19.1 Å². The zero-order valence-corrected chi connectivity index (χ0v) is 11.4. The molecule has 2 aromatic rings. The molecular formula is C14H8BrF3O. The lowest BCUT2D eigenvalue weighted by atomic mass is 10.0. The van der Waals surface area contributed by atoms with Crippen LogP contribution in [0.4, 0.5) is 13.2 Å². The summed E-state index contributed by atoms with van der Waals surface area (Å²) >= 11 is 3.22. The Hall–Kier alpha value is -1.62. The van der Waals surface area contributed by atoms with Crippen LogP contribution in [0.25, 0.3) is 0 Å². The summed E-state index contributed by atoms with van der Waals surface area (Å²) in [6, 6.07) is 6.49. The zero-order valence-electron chi connectivity index (χ0n) is 9.81. The van der Waals surface area contributed by atoms with Crippen molar-refractivity contribution < 1.29 is 18.0 Å². The van der Waals surface area contributed by atoms with E-state index in [4.69, 9.17) is 0 Å². The second kappa shape index (κ2) is 5.17. The quantitative estimate of drug-likeness (QED) is 0.589. The number of carbonyl (C=O) groups excluding carboxylic acids is 1. The number of rotatable bonds is 2. The van der Waals surface area contributed by atoms with Crippen LogP contribution in [-0.4, -0.2) is 5.78 Å². The summed E-state index contributed by atoms with van der Waals surface area (Å²) in [5, 5.41) is 0. The fraction of sp³-hybridized carbons (Fsp3) is 0.0714. The Kier molecular flexibility index (Phi) is 3.75. The average molecular weight is 329 g/mol. The number of aryl methyl sites for hydroxylation is 1. The molecule has 0 bridgehead atoms. The lowest BCUT2D eigenvalue weighted by Gasteiger charge is -2.06. The van der Waals surface area contributed by atoms with E-state index in [9.17, 15) is 18.0 Å². The van der Waals surface area contributed by atoms with Crippen LogP contribution in [0, 0.1) is 24.4 Å². The van der Waals surface area contributed by atoms with Crippen molar-refractivity contribution in [1.29, 1.82) is 0 Å². The van der Waals surface area contributed by atoms with Crippen molar-refractivity contribution in [2.45, 2.75) is 6.92 Å². The minimum Gasteiger partial charge on any atom is -0.288 e. The Labute approximate surface area is 116 Å². The van der Waals surface area contributed by atoms with Gasteiger partial charge in [0.05, 0.1) is 5.56 Å². The third-order valence-corrected chi connectivity index (χ3v) is 3.04. The Morgan fingerprint density at radius 3 is 2.37 bits per heavy atom. The Morgan fingerprint density at radius 1 is 1.05 bits per heavy atom. The highest BCUT2D eigenvalue weighted by Crippen LogP contribution is 2.21. The van der Waals surface area contributed by atoms with Crippen molar-refractivity contribution in [3.63, 3.8) is 0 Å². The lowest BCUT2D eigenvalue weighted by Crippen LogP contribution is -2.07. The highest BCUT2D eigenvalue weighted by Gasteiger charge is 2.20. The second-order valence-electron chi connectivity index (χ2n) is 4.07. The van der Waals surface area contributed by atoms with Crippen LogP contribution in [-0.2, 0) is 0 Å². The number of benzene rings is 2. The molecule has 0 fully saturated rings. The first-order valence-corrected chi connectivity index (χ1v) is 6.15. The fourth-order valence-corrected chi connectivity index (χ4v) is 2.33. The fourth-order valence-electron chi connectivity index (χ4n) is 1.72.